The number of hydrogen-bond donors (Lipinski definition) is 1. The lowest BCUT2D eigenvalue weighted by molar-refractivity contribution is 0.0844. The monoisotopic (exact) mass is 169 g/mol. The van der Waals surface area contributed by atoms with Crippen LogP contribution in [-0.2, 0) is 4.74 Å². The van der Waals surface area contributed by atoms with Crippen molar-refractivity contribution in [1.29, 1.82) is 0 Å². The molecule has 2 aliphatic rings. The number of hydrogen-bond acceptors (Lipinski definition) is 2. The SMILES string of the molecule is C1COC(CC2CCNCC2)C1. The number of piperidine rings is 1. The molecule has 2 rings (SSSR count). The van der Waals surface area contributed by atoms with Crippen LogP contribution in [0.2, 0.25) is 0 Å². The molecule has 2 fully saturated rings. The summed E-state index contributed by atoms with van der Waals surface area (Å²) in [5, 5.41) is 3.40. The standard InChI is InChI=1S/C10H19NO/c1-2-10(12-7-1)8-9-3-5-11-6-4-9/h9-11H,1-8H2. The van der Waals surface area contributed by atoms with Crippen molar-refractivity contribution in [3.63, 3.8) is 0 Å². The second-order valence-corrected chi connectivity index (χ2v) is 4.06. The summed E-state index contributed by atoms with van der Waals surface area (Å²) in [4.78, 5) is 0. The molecule has 12 heavy (non-hydrogen) atoms. The highest BCUT2D eigenvalue weighted by Gasteiger charge is 2.21. The molecule has 2 heteroatoms. The van der Waals surface area contributed by atoms with Gasteiger partial charge in [-0.3, -0.25) is 0 Å². The van der Waals surface area contributed by atoms with Gasteiger partial charge >= 0.3 is 0 Å². The van der Waals surface area contributed by atoms with E-state index in [9.17, 15) is 0 Å². The fourth-order valence-electron chi connectivity index (χ4n) is 2.32. The molecule has 0 aliphatic carbocycles. The molecule has 0 amide bonds. The molecule has 0 saturated carbocycles. The van der Waals surface area contributed by atoms with Crippen molar-refractivity contribution < 1.29 is 4.74 Å². The third-order valence-corrected chi connectivity index (χ3v) is 3.08. The van der Waals surface area contributed by atoms with Crippen molar-refractivity contribution in [1.82, 2.24) is 5.32 Å². The Kier molecular flexibility index (Phi) is 3.01. The fourth-order valence-corrected chi connectivity index (χ4v) is 2.32. The predicted octanol–water partition coefficient (Wildman–Crippen LogP) is 1.56. The Bertz CT molecular complexity index is 126. The third-order valence-electron chi connectivity index (χ3n) is 3.08. The van der Waals surface area contributed by atoms with E-state index >= 15 is 0 Å². The van der Waals surface area contributed by atoms with Crippen LogP contribution in [0.3, 0.4) is 0 Å². The van der Waals surface area contributed by atoms with Crippen molar-refractivity contribution in [3.05, 3.63) is 0 Å². The van der Waals surface area contributed by atoms with Crippen LogP contribution < -0.4 is 5.32 Å². The van der Waals surface area contributed by atoms with Gasteiger partial charge in [0.15, 0.2) is 0 Å². The van der Waals surface area contributed by atoms with Gasteiger partial charge in [-0.15, -0.1) is 0 Å². The summed E-state index contributed by atoms with van der Waals surface area (Å²) in [6, 6.07) is 0. The summed E-state index contributed by atoms with van der Waals surface area (Å²) >= 11 is 0. The second-order valence-electron chi connectivity index (χ2n) is 4.06. The highest BCUT2D eigenvalue weighted by Crippen LogP contribution is 2.24. The fraction of sp³-hybridized carbons (Fsp3) is 1.00. The number of rotatable bonds is 2. The lowest BCUT2D eigenvalue weighted by Gasteiger charge is -2.24. The molecule has 0 radical (unpaired) electrons. The van der Waals surface area contributed by atoms with Gasteiger partial charge in [-0.1, -0.05) is 0 Å². The quantitative estimate of drug-likeness (QED) is 0.677. The molecule has 1 atom stereocenters. The van der Waals surface area contributed by atoms with Crippen LogP contribution in [-0.4, -0.2) is 25.8 Å². The van der Waals surface area contributed by atoms with Gasteiger partial charge in [-0.25, -0.2) is 0 Å². The van der Waals surface area contributed by atoms with Crippen LogP contribution in [0.5, 0.6) is 0 Å². The molecule has 2 heterocycles. The topological polar surface area (TPSA) is 21.3 Å². The summed E-state index contributed by atoms with van der Waals surface area (Å²) in [6.45, 7) is 3.45. The van der Waals surface area contributed by atoms with Crippen LogP contribution in [0.1, 0.15) is 32.1 Å². The normalized spacial score (nSPS) is 32.5. The van der Waals surface area contributed by atoms with Crippen molar-refractivity contribution in [2.45, 2.75) is 38.2 Å². The molecule has 0 bridgehead atoms. The lowest BCUT2D eigenvalue weighted by Crippen LogP contribution is -2.29. The summed E-state index contributed by atoms with van der Waals surface area (Å²) in [5.41, 5.74) is 0. The molecular formula is C10H19NO. The minimum absolute atomic E-state index is 0.605. The minimum atomic E-state index is 0.605. The summed E-state index contributed by atoms with van der Waals surface area (Å²) in [5.74, 6) is 0.939. The highest BCUT2D eigenvalue weighted by molar-refractivity contribution is 4.74. The maximum atomic E-state index is 5.64. The Balaban J connectivity index is 1.69. The average molecular weight is 169 g/mol. The Morgan fingerprint density at radius 3 is 2.67 bits per heavy atom. The van der Waals surface area contributed by atoms with Gasteiger partial charge in [0.25, 0.3) is 0 Å². The van der Waals surface area contributed by atoms with E-state index in [0.717, 1.165) is 12.5 Å². The van der Waals surface area contributed by atoms with E-state index in [0.29, 0.717) is 6.10 Å². The zero-order valence-corrected chi connectivity index (χ0v) is 7.72. The Morgan fingerprint density at radius 2 is 2.00 bits per heavy atom. The molecule has 1 N–H and O–H groups in total. The van der Waals surface area contributed by atoms with Gasteiger partial charge in [0.2, 0.25) is 0 Å². The minimum Gasteiger partial charge on any atom is -0.378 e. The van der Waals surface area contributed by atoms with E-state index in [-0.39, 0.29) is 0 Å². The van der Waals surface area contributed by atoms with Gasteiger partial charge in [0.1, 0.15) is 0 Å². The molecule has 0 aromatic rings. The number of ether oxygens (including phenoxy) is 1. The van der Waals surface area contributed by atoms with Crippen LogP contribution in [0.4, 0.5) is 0 Å². The average Bonchev–Trinajstić information content (AvgIpc) is 2.59. The molecule has 1 unspecified atom stereocenters. The summed E-state index contributed by atoms with van der Waals surface area (Å²) in [6.07, 6.45) is 7.24. The molecule has 0 aromatic carbocycles. The molecule has 2 aliphatic heterocycles. The van der Waals surface area contributed by atoms with Crippen molar-refractivity contribution in [3.8, 4) is 0 Å². The van der Waals surface area contributed by atoms with E-state index in [1.807, 2.05) is 0 Å². The van der Waals surface area contributed by atoms with Crippen molar-refractivity contribution >= 4 is 0 Å². The number of nitrogens with one attached hydrogen (secondary N) is 1. The first-order valence-corrected chi connectivity index (χ1v) is 5.27. The van der Waals surface area contributed by atoms with Crippen LogP contribution >= 0.6 is 0 Å². The predicted molar refractivity (Wildman–Crippen MR) is 49.2 cm³/mol. The van der Waals surface area contributed by atoms with Gasteiger partial charge in [-0.05, 0) is 51.1 Å². The van der Waals surface area contributed by atoms with Gasteiger partial charge in [0.05, 0.1) is 6.10 Å². The van der Waals surface area contributed by atoms with Crippen LogP contribution in [0, 0.1) is 5.92 Å². The Hall–Kier alpha value is -0.0800. The summed E-state index contributed by atoms with van der Waals surface area (Å²) < 4.78 is 5.64. The van der Waals surface area contributed by atoms with Crippen LogP contribution in [0.15, 0.2) is 0 Å². The lowest BCUT2D eigenvalue weighted by atomic mass is 9.91. The van der Waals surface area contributed by atoms with Gasteiger partial charge < -0.3 is 10.1 Å². The van der Waals surface area contributed by atoms with Crippen LogP contribution in [0.25, 0.3) is 0 Å². The largest absolute Gasteiger partial charge is 0.378 e. The summed E-state index contributed by atoms with van der Waals surface area (Å²) in [7, 11) is 0. The second kappa shape index (κ2) is 4.24. The molecular weight excluding hydrogens is 150 g/mol. The highest BCUT2D eigenvalue weighted by atomic mass is 16.5. The first-order chi connectivity index (χ1) is 5.95. The van der Waals surface area contributed by atoms with Crippen molar-refractivity contribution in [2.75, 3.05) is 19.7 Å². The zero-order valence-electron chi connectivity index (χ0n) is 7.72. The van der Waals surface area contributed by atoms with E-state index in [2.05, 4.69) is 5.32 Å². The smallest absolute Gasteiger partial charge is 0.0578 e. The first-order valence-electron chi connectivity index (χ1n) is 5.27. The van der Waals surface area contributed by atoms with E-state index in [1.165, 1.54) is 45.2 Å². The molecule has 2 saturated heterocycles. The Labute approximate surface area is 74.7 Å². The van der Waals surface area contributed by atoms with E-state index in [1.54, 1.807) is 0 Å². The first kappa shape index (κ1) is 8.52. The van der Waals surface area contributed by atoms with Gasteiger partial charge in [-0.2, -0.15) is 0 Å². The van der Waals surface area contributed by atoms with Crippen molar-refractivity contribution in [2.24, 2.45) is 5.92 Å². The maximum absolute atomic E-state index is 5.64. The Morgan fingerprint density at radius 1 is 1.17 bits per heavy atom. The van der Waals surface area contributed by atoms with E-state index in [4.69, 9.17) is 4.74 Å². The zero-order chi connectivity index (χ0) is 8.23. The maximum Gasteiger partial charge on any atom is 0.0578 e. The van der Waals surface area contributed by atoms with Gasteiger partial charge in [0, 0.05) is 6.61 Å². The molecule has 0 spiro atoms. The van der Waals surface area contributed by atoms with E-state index < -0.39 is 0 Å². The molecule has 2 nitrogen and oxygen atoms in total. The molecule has 70 valence electrons. The molecule has 0 aromatic heterocycles. The third kappa shape index (κ3) is 2.20.